The molecule has 2 N–H and O–H groups in total. The van der Waals surface area contributed by atoms with E-state index >= 15 is 0 Å². The maximum absolute atomic E-state index is 10.8. The van der Waals surface area contributed by atoms with Crippen LogP contribution in [-0.4, -0.2) is 65.1 Å². The Kier molecular flexibility index (Phi) is 9.29. The fraction of sp³-hybridized carbons (Fsp3) is 1.00. The minimum Gasteiger partial charge on any atom is -0.390 e. The van der Waals surface area contributed by atoms with Crippen molar-refractivity contribution in [3.05, 3.63) is 0 Å². The molecule has 0 amide bonds. The van der Waals surface area contributed by atoms with Crippen molar-refractivity contribution in [2.24, 2.45) is 0 Å². The second-order valence-corrected chi connectivity index (χ2v) is 5.18. The quantitative estimate of drug-likeness (QED) is 0.538. The van der Waals surface area contributed by atoms with Gasteiger partial charge in [-0.2, -0.15) is 0 Å². The number of hydrogen-bond acceptors (Lipinski definition) is 4. The van der Waals surface area contributed by atoms with Crippen LogP contribution in [0.2, 0.25) is 0 Å². The smallest absolute Gasteiger partial charge is 0.0791 e. The molecule has 0 saturated heterocycles. The third-order valence-electron chi connectivity index (χ3n) is 2.31. The Hall–Kier alpha value is 0.0300. The van der Waals surface area contributed by atoms with Crippen molar-refractivity contribution >= 4 is 10.8 Å². The fourth-order valence-corrected chi connectivity index (χ4v) is 1.76. The van der Waals surface area contributed by atoms with Gasteiger partial charge in [-0.1, -0.05) is 13.8 Å². The van der Waals surface area contributed by atoms with Gasteiger partial charge < -0.3 is 15.3 Å². The van der Waals surface area contributed by atoms with Crippen LogP contribution in [0.4, 0.5) is 0 Å². The molecule has 4 nitrogen and oxygen atoms in total. The molecule has 0 aromatic carbocycles. The molecule has 5 heteroatoms. The molecule has 92 valence electrons. The lowest BCUT2D eigenvalue weighted by Crippen LogP contribution is -2.39. The normalized spacial score (nSPS) is 15.5. The first kappa shape index (κ1) is 15.0. The number of aliphatic hydroxyl groups is 1. The van der Waals surface area contributed by atoms with Crippen LogP contribution in [0, 0.1) is 0 Å². The van der Waals surface area contributed by atoms with Crippen molar-refractivity contribution in [3.63, 3.8) is 0 Å². The molecule has 15 heavy (non-hydrogen) atoms. The molecule has 2 unspecified atom stereocenters. The summed E-state index contributed by atoms with van der Waals surface area (Å²) < 4.78 is 10.8. The number of rotatable bonds is 9. The van der Waals surface area contributed by atoms with Crippen LogP contribution >= 0.6 is 0 Å². The number of hydrogen-bond donors (Lipinski definition) is 2. The van der Waals surface area contributed by atoms with E-state index in [0.29, 0.717) is 25.4 Å². The Balaban J connectivity index is 3.47. The van der Waals surface area contributed by atoms with Gasteiger partial charge in [0, 0.05) is 42.4 Å². The standard InChI is InChI=1S/C10H24N2O2S/c1-4-12(5-2)9-10(13)8-11-6-7-15(3)14/h10-11,13H,4-9H2,1-3H3. The first-order valence-corrected chi connectivity index (χ1v) is 7.24. The summed E-state index contributed by atoms with van der Waals surface area (Å²) in [5.41, 5.74) is 0. The summed E-state index contributed by atoms with van der Waals surface area (Å²) in [4.78, 5) is 2.18. The SMILES string of the molecule is CCN(CC)CC(O)CNCCS(C)=O. The average molecular weight is 236 g/mol. The third kappa shape index (κ3) is 8.99. The number of nitrogens with zero attached hydrogens (tertiary/aromatic N) is 1. The highest BCUT2D eigenvalue weighted by Crippen LogP contribution is 1.90. The summed E-state index contributed by atoms with van der Waals surface area (Å²) in [6, 6.07) is 0. The zero-order valence-corrected chi connectivity index (χ0v) is 10.8. The van der Waals surface area contributed by atoms with Crippen molar-refractivity contribution in [1.29, 1.82) is 0 Å². The molecule has 0 heterocycles. The Morgan fingerprint density at radius 1 is 1.40 bits per heavy atom. The molecular formula is C10H24N2O2S. The number of nitrogens with one attached hydrogen (secondary N) is 1. The van der Waals surface area contributed by atoms with Crippen molar-refractivity contribution in [3.8, 4) is 0 Å². The minimum atomic E-state index is -0.749. The zero-order valence-electron chi connectivity index (χ0n) is 10.0. The molecule has 0 aliphatic heterocycles. The topological polar surface area (TPSA) is 52.6 Å². The largest absolute Gasteiger partial charge is 0.390 e. The van der Waals surface area contributed by atoms with E-state index in [2.05, 4.69) is 24.1 Å². The van der Waals surface area contributed by atoms with Gasteiger partial charge in [0.2, 0.25) is 0 Å². The van der Waals surface area contributed by atoms with Gasteiger partial charge >= 0.3 is 0 Å². The average Bonchev–Trinajstić information content (AvgIpc) is 2.20. The molecule has 0 aromatic heterocycles. The van der Waals surface area contributed by atoms with Gasteiger partial charge in [-0.25, -0.2) is 0 Å². The van der Waals surface area contributed by atoms with Crippen molar-refractivity contribution in [2.75, 3.05) is 44.7 Å². The summed E-state index contributed by atoms with van der Waals surface area (Å²) in [6.07, 6.45) is 1.35. The van der Waals surface area contributed by atoms with E-state index in [4.69, 9.17) is 0 Å². The molecule has 0 rings (SSSR count). The predicted molar refractivity (Wildman–Crippen MR) is 65.6 cm³/mol. The van der Waals surface area contributed by atoms with Crippen LogP contribution in [0.25, 0.3) is 0 Å². The Labute approximate surface area is 95.5 Å². The van der Waals surface area contributed by atoms with E-state index in [9.17, 15) is 9.32 Å². The van der Waals surface area contributed by atoms with Gasteiger partial charge in [-0.15, -0.1) is 0 Å². The van der Waals surface area contributed by atoms with Gasteiger partial charge in [0.25, 0.3) is 0 Å². The van der Waals surface area contributed by atoms with E-state index < -0.39 is 10.8 Å². The van der Waals surface area contributed by atoms with Gasteiger partial charge in [0.15, 0.2) is 0 Å². The highest BCUT2D eigenvalue weighted by molar-refractivity contribution is 7.84. The first-order chi connectivity index (χ1) is 7.10. The van der Waals surface area contributed by atoms with E-state index in [1.807, 2.05) is 0 Å². The molecule has 0 aliphatic rings. The van der Waals surface area contributed by atoms with Crippen LogP contribution in [-0.2, 0) is 10.8 Å². The van der Waals surface area contributed by atoms with Crippen LogP contribution in [0.5, 0.6) is 0 Å². The molecular weight excluding hydrogens is 212 g/mol. The van der Waals surface area contributed by atoms with E-state index in [0.717, 1.165) is 13.1 Å². The molecule has 0 fully saturated rings. The Bertz CT molecular complexity index is 175. The predicted octanol–water partition coefficient (Wildman–Crippen LogP) is -0.343. The lowest BCUT2D eigenvalue weighted by Gasteiger charge is -2.21. The number of likely N-dealkylation sites (N-methyl/N-ethyl adjacent to an activating group) is 1. The monoisotopic (exact) mass is 236 g/mol. The van der Waals surface area contributed by atoms with Gasteiger partial charge in [0.1, 0.15) is 0 Å². The Morgan fingerprint density at radius 3 is 2.47 bits per heavy atom. The maximum atomic E-state index is 10.8. The van der Waals surface area contributed by atoms with Crippen LogP contribution in [0.15, 0.2) is 0 Å². The van der Waals surface area contributed by atoms with Crippen LogP contribution < -0.4 is 5.32 Å². The van der Waals surface area contributed by atoms with Crippen molar-refractivity contribution < 1.29 is 9.32 Å². The van der Waals surface area contributed by atoms with Crippen molar-refractivity contribution in [1.82, 2.24) is 10.2 Å². The summed E-state index contributed by atoms with van der Waals surface area (Å²) in [7, 11) is -0.749. The highest BCUT2D eigenvalue weighted by atomic mass is 32.2. The number of aliphatic hydroxyl groups excluding tert-OH is 1. The van der Waals surface area contributed by atoms with E-state index in [1.165, 1.54) is 0 Å². The summed E-state index contributed by atoms with van der Waals surface area (Å²) in [5.74, 6) is 0.651. The second kappa shape index (κ2) is 9.27. The maximum Gasteiger partial charge on any atom is 0.0791 e. The zero-order chi connectivity index (χ0) is 11.7. The Morgan fingerprint density at radius 2 is 2.00 bits per heavy atom. The molecule has 0 radical (unpaired) electrons. The first-order valence-electron chi connectivity index (χ1n) is 5.51. The summed E-state index contributed by atoms with van der Waals surface area (Å²) in [5, 5.41) is 12.8. The van der Waals surface area contributed by atoms with E-state index in [-0.39, 0.29) is 6.10 Å². The molecule has 0 spiro atoms. The fourth-order valence-electron chi connectivity index (χ4n) is 1.33. The summed E-state index contributed by atoms with van der Waals surface area (Å²) >= 11 is 0. The lowest BCUT2D eigenvalue weighted by molar-refractivity contribution is 0.117. The lowest BCUT2D eigenvalue weighted by atomic mass is 10.3. The van der Waals surface area contributed by atoms with Gasteiger partial charge in [-0.3, -0.25) is 4.21 Å². The molecule has 0 aromatic rings. The molecule has 2 atom stereocenters. The third-order valence-corrected chi connectivity index (χ3v) is 3.09. The highest BCUT2D eigenvalue weighted by Gasteiger charge is 2.07. The molecule has 0 bridgehead atoms. The van der Waals surface area contributed by atoms with E-state index in [1.54, 1.807) is 6.26 Å². The second-order valence-electron chi connectivity index (χ2n) is 3.62. The van der Waals surface area contributed by atoms with Gasteiger partial charge in [-0.05, 0) is 13.1 Å². The minimum absolute atomic E-state index is 0.338. The molecule has 0 saturated carbocycles. The molecule has 0 aliphatic carbocycles. The van der Waals surface area contributed by atoms with Crippen LogP contribution in [0.3, 0.4) is 0 Å². The van der Waals surface area contributed by atoms with Crippen LogP contribution in [0.1, 0.15) is 13.8 Å². The van der Waals surface area contributed by atoms with Crippen molar-refractivity contribution in [2.45, 2.75) is 20.0 Å². The van der Waals surface area contributed by atoms with Gasteiger partial charge in [0.05, 0.1) is 6.10 Å². The summed E-state index contributed by atoms with van der Waals surface area (Å²) in [6.45, 7) is 8.09.